The summed E-state index contributed by atoms with van der Waals surface area (Å²) >= 11 is 6.01. The van der Waals surface area contributed by atoms with E-state index in [-0.39, 0.29) is 19.1 Å². The number of benzene rings is 1. The van der Waals surface area contributed by atoms with Gasteiger partial charge in [0.1, 0.15) is 0 Å². The van der Waals surface area contributed by atoms with Crippen LogP contribution in [0.5, 0.6) is 11.5 Å². The number of ether oxygens (including phenoxy) is 2. The summed E-state index contributed by atoms with van der Waals surface area (Å²) < 4.78 is 10.5. The Balaban J connectivity index is 3.03. The van der Waals surface area contributed by atoms with Crippen molar-refractivity contribution >= 4 is 17.5 Å². The number of amides is 1. The maximum atomic E-state index is 11.7. The minimum Gasteiger partial charge on any atom is -0.491 e. The van der Waals surface area contributed by atoms with Gasteiger partial charge < -0.3 is 19.9 Å². The van der Waals surface area contributed by atoms with Crippen LogP contribution in [0, 0.1) is 0 Å². The van der Waals surface area contributed by atoms with Gasteiger partial charge in [-0.25, -0.2) is 0 Å². The molecule has 1 amide bonds. The molecule has 0 unspecified atom stereocenters. The van der Waals surface area contributed by atoms with E-state index in [1.165, 1.54) is 13.2 Å². The number of methoxy groups -OCH3 is 1. The second-order valence-electron chi connectivity index (χ2n) is 3.40. The summed E-state index contributed by atoms with van der Waals surface area (Å²) in [5, 5.41) is 11.5. The van der Waals surface area contributed by atoms with Crippen LogP contribution in [0.25, 0.3) is 0 Å². The quantitative estimate of drug-likeness (QED) is 0.824. The van der Waals surface area contributed by atoms with Crippen molar-refractivity contribution in [2.45, 2.75) is 6.92 Å². The highest BCUT2D eigenvalue weighted by Gasteiger charge is 2.15. The van der Waals surface area contributed by atoms with Crippen molar-refractivity contribution in [2.24, 2.45) is 0 Å². The molecule has 18 heavy (non-hydrogen) atoms. The zero-order chi connectivity index (χ0) is 13.5. The molecule has 6 heteroatoms. The van der Waals surface area contributed by atoms with Crippen molar-refractivity contribution in [3.05, 3.63) is 22.7 Å². The largest absolute Gasteiger partial charge is 0.491 e. The number of hydrogen-bond acceptors (Lipinski definition) is 4. The predicted octanol–water partition coefficient (Wildman–Crippen LogP) is 1.47. The van der Waals surface area contributed by atoms with Crippen molar-refractivity contribution in [2.75, 3.05) is 26.9 Å². The molecule has 0 saturated heterocycles. The fourth-order valence-electron chi connectivity index (χ4n) is 1.43. The van der Waals surface area contributed by atoms with Gasteiger partial charge in [-0.3, -0.25) is 4.79 Å². The topological polar surface area (TPSA) is 67.8 Å². The van der Waals surface area contributed by atoms with E-state index in [1.54, 1.807) is 6.07 Å². The first-order valence-corrected chi connectivity index (χ1v) is 5.91. The van der Waals surface area contributed by atoms with Crippen molar-refractivity contribution in [3.63, 3.8) is 0 Å². The van der Waals surface area contributed by atoms with Gasteiger partial charge in [0.15, 0.2) is 11.5 Å². The Hall–Kier alpha value is -1.46. The molecule has 0 atom stereocenters. The molecule has 0 aliphatic rings. The molecule has 2 N–H and O–H groups in total. The van der Waals surface area contributed by atoms with E-state index in [0.717, 1.165) is 0 Å². The minimum atomic E-state index is -0.324. The molecule has 0 saturated carbocycles. The third kappa shape index (κ3) is 3.51. The highest BCUT2D eigenvalue weighted by molar-refractivity contribution is 6.32. The summed E-state index contributed by atoms with van der Waals surface area (Å²) in [5.74, 6) is 0.494. The second-order valence-corrected chi connectivity index (χ2v) is 3.81. The lowest BCUT2D eigenvalue weighted by Gasteiger charge is -2.12. The van der Waals surface area contributed by atoms with Gasteiger partial charge >= 0.3 is 0 Å². The Bertz CT molecular complexity index is 423. The Morgan fingerprint density at radius 2 is 2.22 bits per heavy atom. The SMILES string of the molecule is CCOc1cc(C(=O)NCCO)cc(Cl)c1OC. The molecule has 1 aromatic carbocycles. The monoisotopic (exact) mass is 273 g/mol. The van der Waals surface area contributed by atoms with E-state index in [2.05, 4.69) is 5.32 Å². The molecule has 0 spiro atoms. The maximum Gasteiger partial charge on any atom is 0.251 e. The summed E-state index contributed by atoms with van der Waals surface area (Å²) in [6.45, 7) is 2.33. The standard InChI is InChI=1S/C12H16ClNO4/c1-3-18-10-7-8(12(16)14-4-5-15)6-9(13)11(10)17-2/h6-7,15H,3-5H2,1-2H3,(H,14,16). The number of halogens is 1. The molecule has 0 aromatic heterocycles. The van der Waals surface area contributed by atoms with Crippen molar-refractivity contribution in [1.29, 1.82) is 0 Å². The third-order valence-electron chi connectivity index (χ3n) is 2.17. The smallest absolute Gasteiger partial charge is 0.251 e. The van der Waals surface area contributed by atoms with Gasteiger partial charge in [0.2, 0.25) is 0 Å². The summed E-state index contributed by atoms with van der Waals surface area (Å²) in [4.78, 5) is 11.7. The van der Waals surface area contributed by atoms with Crippen LogP contribution in [0.4, 0.5) is 0 Å². The molecule has 0 aliphatic heterocycles. The second kappa shape index (κ2) is 7.08. The van der Waals surface area contributed by atoms with Crippen LogP contribution >= 0.6 is 11.6 Å². The average molecular weight is 274 g/mol. The normalized spacial score (nSPS) is 10.0. The zero-order valence-electron chi connectivity index (χ0n) is 10.3. The van der Waals surface area contributed by atoms with Crippen LogP contribution in [-0.2, 0) is 0 Å². The summed E-state index contributed by atoms with van der Waals surface area (Å²) in [5.41, 5.74) is 0.359. The first-order chi connectivity index (χ1) is 8.63. The van der Waals surface area contributed by atoms with Gasteiger partial charge in [0, 0.05) is 12.1 Å². The van der Waals surface area contributed by atoms with Crippen molar-refractivity contribution < 1.29 is 19.4 Å². The number of aliphatic hydroxyl groups is 1. The zero-order valence-corrected chi connectivity index (χ0v) is 11.1. The molecular formula is C12H16ClNO4. The van der Waals surface area contributed by atoms with E-state index in [1.807, 2.05) is 6.92 Å². The van der Waals surface area contributed by atoms with Gasteiger partial charge in [-0.1, -0.05) is 11.6 Å². The number of carbonyl (C=O) groups excluding carboxylic acids is 1. The Morgan fingerprint density at radius 1 is 1.50 bits per heavy atom. The molecule has 0 radical (unpaired) electrons. The molecule has 0 aliphatic carbocycles. The molecule has 0 bridgehead atoms. The molecule has 1 aromatic rings. The van der Waals surface area contributed by atoms with Crippen LogP contribution in [0.2, 0.25) is 5.02 Å². The summed E-state index contributed by atoms with van der Waals surface area (Å²) in [6, 6.07) is 3.05. The van der Waals surface area contributed by atoms with E-state index in [0.29, 0.717) is 28.7 Å². The summed E-state index contributed by atoms with van der Waals surface area (Å²) in [6.07, 6.45) is 0. The molecule has 5 nitrogen and oxygen atoms in total. The fourth-order valence-corrected chi connectivity index (χ4v) is 1.72. The van der Waals surface area contributed by atoms with Gasteiger partial charge in [-0.05, 0) is 19.1 Å². The minimum absolute atomic E-state index is 0.117. The number of nitrogens with one attached hydrogen (secondary N) is 1. The van der Waals surface area contributed by atoms with Gasteiger partial charge in [0.25, 0.3) is 5.91 Å². The highest BCUT2D eigenvalue weighted by atomic mass is 35.5. The lowest BCUT2D eigenvalue weighted by atomic mass is 10.2. The van der Waals surface area contributed by atoms with Crippen LogP contribution < -0.4 is 14.8 Å². The maximum absolute atomic E-state index is 11.7. The number of carbonyl (C=O) groups is 1. The van der Waals surface area contributed by atoms with E-state index < -0.39 is 0 Å². The van der Waals surface area contributed by atoms with E-state index in [4.69, 9.17) is 26.2 Å². The van der Waals surface area contributed by atoms with E-state index in [9.17, 15) is 4.79 Å². The first kappa shape index (κ1) is 14.6. The first-order valence-electron chi connectivity index (χ1n) is 5.53. The van der Waals surface area contributed by atoms with Gasteiger partial charge in [-0.2, -0.15) is 0 Å². The number of aliphatic hydroxyl groups excluding tert-OH is 1. The van der Waals surface area contributed by atoms with Crippen LogP contribution in [0.1, 0.15) is 17.3 Å². The fraction of sp³-hybridized carbons (Fsp3) is 0.417. The Morgan fingerprint density at radius 3 is 2.78 bits per heavy atom. The highest BCUT2D eigenvalue weighted by Crippen LogP contribution is 2.36. The molecule has 0 fully saturated rings. The predicted molar refractivity (Wildman–Crippen MR) is 68.6 cm³/mol. The average Bonchev–Trinajstić information content (AvgIpc) is 2.36. The van der Waals surface area contributed by atoms with Crippen molar-refractivity contribution in [3.8, 4) is 11.5 Å². The third-order valence-corrected chi connectivity index (χ3v) is 2.45. The number of rotatable bonds is 6. The van der Waals surface area contributed by atoms with Crippen LogP contribution in [-0.4, -0.2) is 37.9 Å². The molecule has 100 valence electrons. The lowest BCUT2D eigenvalue weighted by molar-refractivity contribution is 0.0944. The van der Waals surface area contributed by atoms with Crippen LogP contribution in [0.3, 0.4) is 0 Å². The molecule has 1 rings (SSSR count). The summed E-state index contributed by atoms with van der Waals surface area (Å²) in [7, 11) is 1.48. The molecule has 0 heterocycles. The van der Waals surface area contributed by atoms with Gasteiger partial charge in [-0.15, -0.1) is 0 Å². The van der Waals surface area contributed by atoms with Gasteiger partial charge in [0.05, 0.1) is 25.3 Å². The Kier molecular flexibility index (Phi) is 5.74. The van der Waals surface area contributed by atoms with E-state index >= 15 is 0 Å². The van der Waals surface area contributed by atoms with Crippen molar-refractivity contribution in [1.82, 2.24) is 5.32 Å². The molecular weight excluding hydrogens is 258 g/mol. The Labute approximate surface area is 111 Å². The van der Waals surface area contributed by atoms with Crippen LogP contribution in [0.15, 0.2) is 12.1 Å². The number of hydrogen-bond donors (Lipinski definition) is 2. The lowest BCUT2D eigenvalue weighted by Crippen LogP contribution is -2.26.